The molecule has 0 bridgehead atoms. The summed E-state index contributed by atoms with van der Waals surface area (Å²) in [6, 6.07) is 0. The van der Waals surface area contributed by atoms with Crippen LogP contribution in [0.5, 0.6) is 0 Å². The van der Waals surface area contributed by atoms with Crippen molar-refractivity contribution in [2.45, 2.75) is 30.8 Å². The van der Waals surface area contributed by atoms with E-state index < -0.39 is 9.38 Å². The molecule has 0 aromatic rings. The van der Waals surface area contributed by atoms with E-state index >= 15 is 0 Å². The quantitative estimate of drug-likeness (QED) is 0.195. The predicted octanol–water partition coefficient (Wildman–Crippen LogP) is 2.17. The molecule has 1 aliphatic heterocycles. The molecular weight excluding hydrogens is 293 g/mol. The molecule has 0 aliphatic carbocycles. The van der Waals surface area contributed by atoms with Crippen molar-refractivity contribution in [1.82, 2.24) is 4.90 Å². The van der Waals surface area contributed by atoms with Crippen molar-refractivity contribution in [2.75, 3.05) is 26.7 Å². The van der Waals surface area contributed by atoms with Crippen LogP contribution in [-0.4, -0.2) is 53.0 Å². The summed E-state index contributed by atoms with van der Waals surface area (Å²) in [5.41, 5.74) is 0. The molecule has 2 unspecified atom stereocenters. The molecule has 1 heterocycles. The fourth-order valence-corrected chi connectivity index (χ4v) is 2.59. The Balaban J connectivity index is 2.77. The van der Waals surface area contributed by atoms with Crippen LogP contribution in [0.4, 0.5) is 0 Å². The number of halogens is 2. The van der Waals surface area contributed by atoms with Gasteiger partial charge in [0.25, 0.3) is 0 Å². The molecule has 2 atom stereocenters. The van der Waals surface area contributed by atoms with Crippen LogP contribution in [0.3, 0.4) is 0 Å². The Hall–Kier alpha value is -0.590. The number of hydrogen-bond acceptors (Lipinski definition) is 4. The lowest BCUT2D eigenvalue weighted by Crippen LogP contribution is -2.47. The molecule has 6 nitrogen and oxygen atoms in total. The Morgan fingerprint density at radius 1 is 1.63 bits per heavy atom. The largest absolute Gasteiger partial charge is 0.428 e. The van der Waals surface area contributed by atoms with E-state index in [1.807, 2.05) is 6.92 Å². The molecule has 1 rings (SSSR count). The monoisotopic (exact) mass is 311 g/mol. The van der Waals surface area contributed by atoms with Crippen LogP contribution < -0.4 is 0 Å². The number of hydrogen-bond donors (Lipinski definition) is 0. The van der Waals surface area contributed by atoms with Crippen LogP contribution >= 0.6 is 23.2 Å². The summed E-state index contributed by atoms with van der Waals surface area (Å²) >= 11 is 11.6. The zero-order valence-corrected chi connectivity index (χ0v) is 12.8. The molecule has 0 radical (unpaired) electrons. The third-order valence-corrected chi connectivity index (χ3v) is 3.60. The molecule has 8 heteroatoms. The van der Waals surface area contributed by atoms with E-state index in [-0.39, 0.29) is 11.9 Å². The van der Waals surface area contributed by atoms with E-state index in [1.165, 1.54) is 0 Å². The number of alkyl halides is 2. The lowest BCUT2D eigenvalue weighted by molar-refractivity contribution is -0.497. The minimum absolute atomic E-state index is 0.0721. The van der Waals surface area contributed by atoms with Crippen molar-refractivity contribution in [3.63, 3.8) is 0 Å². The molecule has 1 saturated heterocycles. The zero-order chi connectivity index (χ0) is 14.6. The van der Waals surface area contributed by atoms with Crippen molar-refractivity contribution in [1.29, 1.82) is 0 Å². The standard InChI is InChI=1S/C11H19Cl2N3O3/c1-4-14-10(11(12,13)16(17)18)15(3)6-9-5-8(2)19-7-9/h8-9H,4-7H2,1-3H3. The molecule has 1 fully saturated rings. The Morgan fingerprint density at radius 2 is 2.26 bits per heavy atom. The van der Waals surface area contributed by atoms with E-state index in [1.54, 1.807) is 18.9 Å². The van der Waals surface area contributed by atoms with Crippen LogP contribution in [0.25, 0.3) is 0 Å². The van der Waals surface area contributed by atoms with Gasteiger partial charge in [-0.05, 0) is 43.5 Å². The Morgan fingerprint density at radius 3 is 2.68 bits per heavy atom. The first-order valence-electron chi connectivity index (χ1n) is 6.19. The van der Waals surface area contributed by atoms with Crippen LogP contribution in [0.15, 0.2) is 4.99 Å². The first-order chi connectivity index (χ1) is 8.78. The number of nitro groups is 1. The van der Waals surface area contributed by atoms with Gasteiger partial charge in [-0.15, -0.1) is 0 Å². The summed E-state index contributed by atoms with van der Waals surface area (Å²) in [7, 11) is 1.71. The van der Waals surface area contributed by atoms with Crippen molar-refractivity contribution >= 4 is 29.0 Å². The second-order valence-electron chi connectivity index (χ2n) is 4.72. The average Bonchev–Trinajstić information content (AvgIpc) is 2.70. The number of rotatable bonds is 5. The topological polar surface area (TPSA) is 68.0 Å². The van der Waals surface area contributed by atoms with Gasteiger partial charge in [0, 0.05) is 26.1 Å². The van der Waals surface area contributed by atoms with Gasteiger partial charge in [0.2, 0.25) is 5.84 Å². The lowest BCUT2D eigenvalue weighted by Gasteiger charge is -2.26. The molecule has 0 N–H and O–H groups in total. The highest BCUT2D eigenvalue weighted by Gasteiger charge is 2.47. The van der Waals surface area contributed by atoms with Crippen LogP contribution in [0.2, 0.25) is 0 Å². The maximum atomic E-state index is 10.9. The zero-order valence-electron chi connectivity index (χ0n) is 11.3. The molecule has 110 valence electrons. The third kappa shape index (κ3) is 4.19. The SMILES string of the molecule is CCN=C(N(C)CC1COC(C)C1)C(Cl)(Cl)[N+](=O)[O-]. The lowest BCUT2D eigenvalue weighted by atomic mass is 10.1. The molecule has 0 spiro atoms. The highest BCUT2D eigenvalue weighted by atomic mass is 35.5. The Labute approximate surface area is 122 Å². The van der Waals surface area contributed by atoms with Crippen molar-refractivity contribution in [3.05, 3.63) is 10.1 Å². The van der Waals surface area contributed by atoms with Crippen molar-refractivity contribution < 1.29 is 9.66 Å². The summed E-state index contributed by atoms with van der Waals surface area (Å²) in [6.07, 6.45) is 1.14. The van der Waals surface area contributed by atoms with E-state index in [2.05, 4.69) is 4.99 Å². The smallest absolute Gasteiger partial charge is 0.378 e. The van der Waals surface area contributed by atoms with Gasteiger partial charge in [-0.2, -0.15) is 0 Å². The summed E-state index contributed by atoms with van der Waals surface area (Å²) in [6.45, 7) is 5.38. The average molecular weight is 312 g/mol. The fourth-order valence-electron chi connectivity index (χ4n) is 2.18. The molecule has 1 aliphatic rings. The number of ether oxygens (including phenoxy) is 1. The first kappa shape index (κ1) is 16.5. The van der Waals surface area contributed by atoms with Gasteiger partial charge in [-0.3, -0.25) is 15.1 Å². The minimum atomic E-state index is -2.21. The van der Waals surface area contributed by atoms with E-state index in [0.717, 1.165) is 6.42 Å². The predicted molar refractivity (Wildman–Crippen MR) is 75.6 cm³/mol. The summed E-state index contributed by atoms with van der Waals surface area (Å²) in [5, 5.41) is 10.9. The molecule has 0 amide bonds. The highest BCUT2D eigenvalue weighted by molar-refractivity contribution is 6.57. The van der Waals surface area contributed by atoms with Crippen molar-refractivity contribution in [2.24, 2.45) is 10.9 Å². The second-order valence-corrected chi connectivity index (χ2v) is 6.01. The number of aliphatic imine (C=N–C) groups is 1. The molecule has 0 aromatic heterocycles. The van der Waals surface area contributed by atoms with Gasteiger partial charge in [0.15, 0.2) is 0 Å². The van der Waals surface area contributed by atoms with E-state index in [0.29, 0.717) is 25.6 Å². The number of likely N-dealkylation sites (N-methyl/N-ethyl adjacent to an activating group) is 1. The maximum Gasteiger partial charge on any atom is 0.428 e. The molecular formula is C11H19Cl2N3O3. The summed E-state index contributed by atoms with van der Waals surface area (Å²) in [4.78, 5) is 15.9. The second kappa shape index (κ2) is 6.72. The number of nitrogens with zero attached hydrogens (tertiary/aromatic N) is 3. The first-order valence-corrected chi connectivity index (χ1v) is 6.94. The Kier molecular flexibility index (Phi) is 5.82. The van der Waals surface area contributed by atoms with Gasteiger partial charge < -0.3 is 9.64 Å². The normalized spacial score (nSPS) is 24.6. The number of amidine groups is 1. The third-order valence-electron chi connectivity index (χ3n) is 2.98. The summed E-state index contributed by atoms with van der Waals surface area (Å²) in [5.74, 6) is 0.376. The van der Waals surface area contributed by atoms with Gasteiger partial charge >= 0.3 is 4.46 Å². The molecule has 0 aromatic carbocycles. The minimum Gasteiger partial charge on any atom is -0.378 e. The molecule has 0 saturated carbocycles. The van der Waals surface area contributed by atoms with E-state index in [9.17, 15) is 10.1 Å². The van der Waals surface area contributed by atoms with Crippen molar-refractivity contribution in [3.8, 4) is 0 Å². The fraction of sp³-hybridized carbons (Fsp3) is 0.909. The highest BCUT2D eigenvalue weighted by Crippen LogP contribution is 2.27. The van der Waals surface area contributed by atoms with E-state index in [4.69, 9.17) is 27.9 Å². The Bertz CT molecular complexity index is 363. The summed E-state index contributed by atoms with van der Waals surface area (Å²) < 4.78 is 3.26. The van der Waals surface area contributed by atoms with Gasteiger partial charge in [-0.1, -0.05) is 0 Å². The maximum absolute atomic E-state index is 10.9. The van der Waals surface area contributed by atoms with Crippen LogP contribution in [0.1, 0.15) is 20.3 Å². The molecule has 19 heavy (non-hydrogen) atoms. The van der Waals surface area contributed by atoms with Gasteiger partial charge in [0.05, 0.1) is 17.6 Å². The van der Waals surface area contributed by atoms with Gasteiger partial charge in [-0.25, -0.2) is 0 Å². The van der Waals surface area contributed by atoms with Crippen LogP contribution in [-0.2, 0) is 4.74 Å². The van der Waals surface area contributed by atoms with Crippen LogP contribution in [0, 0.1) is 16.0 Å². The van der Waals surface area contributed by atoms with Gasteiger partial charge in [0.1, 0.15) is 0 Å².